The average Bonchev–Trinajstić information content (AvgIpc) is 2.89. The zero-order valence-electron chi connectivity index (χ0n) is 19.9. The second-order valence-corrected chi connectivity index (χ2v) is 11.3. The molecule has 39 heavy (non-hydrogen) atoms. The van der Waals surface area contributed by atoms with Crippen LogP contribution in [0.4, 0.5) is 18.9 Å². The lowest BCUT2D eigenvalue weighted by Crippen LogP contribution is -2.34. The Morgan fingerprint density at radius 2 is 1.36 bits per heavy atom. The van der Waals surface area contributed by atoms with Crippen molar-refractivity contribution in [1.82, 2.24) is 5.32 Å². The van der Waals surface area contributed by atoms with E-state index in [2.05, 4.69) is 10.6 Å². The number of benzene rings is 4. The van der Waals surface area contributed by atoms with E-state index in [9.17, 15) is 17.7 Å². The minimum Gasteiger partial charge on any atom is -0.414 e. The molecule has 1 unspecified atom stereocenters. The van der Waals surface area contributed by atoms with Crippen LogP contribution in [0.25, 0.3) is 0 Å². The molecule has 202 valence electrons. The zero-order valence-corrected chi connectivity index (χ0v) is 23.1. The monoisotopic (exact) mass is 610 g/mol. The molecule has 0 aliphatic heterocycles. The summed E-state index contributed by atoms with van der Waals surface area (Å²) in [6.07, 6.45) is -4.59. The fraction of sp³-hybridized carbons (Fsp3) is 0.0741. The summed E-state index contributed by atoms with van der Waals surface area (Å²) in [6, 6.07) is 26.0. The molecule has 4 aromatic carbocycles. The first-order chi connectivity index (χ1) is 18.5. The van der Waals surface area contributed by atoms with Crippen LogP contribution in [0, 0.1) is 0 Å². The largest absolute Gasteiger partial charge is 0.457 e. The van der Waals surface area contributed by atoms with E-state index in [0.29, 0.717) is 10.6 Å². The van der Waals surface area contributed by atoms with Gasteiger partial charge in [-0.2, -0.15) is 13.2 Å². The Morgan fingerprint density at radius 3 is 1.87 bits per heavy atom. The lowest BCUT2D eigenvalue weighted by atomic mass is 10.2. The lowest BCUT2D eigenvalue weighted by molar-refractivity contribution is -0.137. The zero-order chi connectivity index (χ0) is 28.0. The maximum atomic E-state index is 14.6. The number of para-hydroxylation sites is 2. The minimum atomic E-state index is -4.59. The molecule has 0 fully saturated rings. The number of halogens is 5. The van der Waals surface area contributed by atoms with E-state index in [1.165, 1.54) is 0 Å². The van der Waals surface area contributed by atoms with Gasteiger partial charge in [0, 0.05) is 5.02 Å². The summed E-state index contributed by atoms with van der Waals surface area (Å²) in [5.41, 5.74) is -0.590. The standard InChI is InChI=1S/C27H20Cl2F3N2O3PS/c28-20-14-11-18(12-15-20)25(34-26(39)33-24-17-19(27(30,31)32)13-16-23(24)29)38(35,36-21-7-3-1-4-8-21)37-22-9-5-2-6-10-22/h1-17,25H,(H2,33,34,39). The van der Waals surface area contributed by atoms with E-state index in [0.717, 1.165) is 18.2 Å². The molecule has 0 aliphatic carbocycles. The third kappa shape index (κ3) is 7.67. The Kier molecular flexibility index (Phi) is 9.08. The second kappa shape index (κ2) is 12.3. The van der Waals surface area contributed by atoms with Gasteiger partial charge < -0.3 is 19.7 Å². The number of hydrogen-bond acceptors (Lipinski definition) is 4. The van der Waals surface area contributed by atoms with Crippen LogP contribution in [0.1, 0.15) is 16.9 Å². The number of alkyl halides is 3. The van der Waals surface area contributed by atoms with Crippen molar-refractivity contribution < 1.29 is 26.8 Å². The van der Waals surface area contributed by atoms with Crippen LogP contribution >= 0.6 is 43.0 Å². The highest BCUT2D eigenvalue weighted by Crippen LogP contribution is 2.59. The van der Waals surface area contributed by atoms with Crippen LogP contribution < -0.4 is 19.7 Å². The molecule has 0 heterocycles. The van der Waals surface area contributed by atoms with Gasteiger partial charge in [-0.05, 0) is 72.4 Å². The minimum absolute atomic E-state index is 0.000512. The second-order valence-electron chi connectivity index (χ2n) is 8.09. The van der Waals surface area contributed by atoms with Crippen LogP contribution in [0.15, 0.2) is 103 Å². The van der Waals surface area contributed by atoms with Crippen molar-refractivity contribution in [2.45, 2.75) is 12.0 Å². The maximum Gasteiger partial charge on any atom is 0.457 e. The van der Waals surface area contributed by atoms with Gasteiger partial charge in [0.1, 0.15) is 11.5 Å². The van der Waals surface area contributed by atoms with E-state index in [-0.39, 0.29) is 27.3 Å². The molecule has 0 saturated heterocycles. The van der Waals surface area contributed by atoms with E-state index >= 15 is 0 Å². The Labute approximate surface area is 238 Å². The van der Waals surface area contributed by atoms with Gasteiger partial charge in [0.25, 0.3) is 0 Å². The Bertz CT molecular complexity index is 1430. The average molecular weight is 611 g/mol. The van der Waals surface area contributed by atoms with Crippen molar-refractivity contribution in [2.75, 3.05) is 5.32 Å². The molecule has 1 atom stereocenters. The first-order valence-electron chi connectivity index (χ1n) is 11.3. The highest BCUT2D eigenvalue weighted by Gasteiger charge is 2.41. The smallest absolute Gasteiger partial charge is 0.414 e. The summed E-state index contributed by atoms with van der Waals surface area (Å²) in [5.74, 6) is -0.700. The van der Waals surface area contributed by atoms with Crippen molar-refractivity contribution in [2.24, 2.45) is 0 Å². The van der Waals surface area contributed by atoms with Gasteiger partial charge >= 0.3 is 13.8 Å². The molecule has 5 nitrogen and oxygen atoms in total. The van der Waals surface area contributed by atoms with Crippen molar-refractivity contribution >= 4 is 53.8 Å². The summed E-state index contributed by atoms with van der Waals surface area (Å²) < 4.78 is 66.3. The SMILES string of the molecule is O=P(Oc1ccccc1)(Oc1ccccc1)C(NC(=S)Nc1cc(C(F)(F)F)ccc1Cl)c1ccc(Cl)cc1. The quantitative estimate of drug-likeness (QED) is 0.153. The molecule has 0 bridgehead atoms. The summed E-state index contributed by atoms with van der Waals surface area (Å²) in [4.78, 5) is 0. The summed E-state index contributed by atoms with van der Waals surface area (Å²) in [7, 11) is -4.21. The summed E-state index contributed by atoms with van der Waals surface area (Å²) >= 11 is 17.6. The van der Waals surface area contributed by atoms with E-state index < -0.39 is 25.1 Å². The van der Waals surface area contributed by atoms with Gasteiger partial charge in [0.05, 0.1) is 16.3 Å². The van der Waals surface area contributed by atoms with Crippen LogP contribution in [0.2, 0.25) is 10.0 Å². The fourth-order valence-corrected chi connectivity index (χ4v) is 5.96. The van der Waals surface area contributed by atoms with Crippen molar-refractivity contribution in [1.29, 1.82) is 0 Å². The first kappa shape index (κ1) is 28.8. The molecule has 4 rings (SSSR count). The van der Waals surface area contributed by atoms with Gasteiger partial charge in [0.2, 0.25) is 0 Å². The predicted octanol–water partition coefficient (Wildman–Crippen LogP) is 9.35. The van der Waals surface area contributed by atoms with E-state index in [4.69, 9.17) is 44.5 Å². The lowest BCUT2D eigenvalue weighted by Gasteiger charge is -2.29. The highest BCUT2D eigenvalue weighted by molar-refractivity contribution is 7.80. The first-order valence-corrected chi connectivity index (χ1v) is 14.1. The summed E-state index contributed by atoms with van der Waals surface area (Å²) in [6.45, 7) is 0. The Balaban J connectivity index is 1.72. The third-order valence-electron chi connectivity index (χ3n) is 5.26. The van der Waals surface area contributed by atoms with Crippen molar-refractivity contribution in [3.8, 4) is 11.5 Å². The third-order valence-corrected chi connectivity index (χ3v) is 8.06. The van der Waals surface area contributed by atoms with Crippen LogP contribution in [-0.2, 0) is 10.7 Å². The number of rotatable bonds is 8. The number of hydrogen-bond donors (Lipinski definition) is 2. The molecule has 0 spiro atoms. The van der Waals surface area contributed by atoms with E-state index in [1.807, 2.05) is 0 Å². The number of anilines is 1. The van der Waals surface area contributed by atoms with Gasteiger partial charge in [-0.15, -0.1) is 0 Å². The molecule has 4 aromatic rings. The van der Waals surface area contributed by atoms with Crippen molar-refractivity contribution in [3.63, 3.8) is 0 Å². The van der Waals surface area contributed by atoms with Crippen LogP contribution in [0.5, 0.6) is 11.5 Å². The van der Waals surface area contributed by atoms with Crippen LogP contribution in [0.3, 0.4) is 0 Å². The maximum absolute atomic E-state index is 14.6. The molecule has 0 amide bonds. The topological polar surface area (TPSA) is 59.6 Å². The Hall–Kier alpha value is -3.23. The van der Waals surface area contributed by atoms with E-state index in [1.54, 1.807) is 84.9 Å². The Morgan fingerprint density at radius 1 is 0.821 bits per heavy atom. The highest BCUT2D eigenvalue weighted by atomic mass is 35.5. The normalized spacial score (nSPS) is 12.3. The number of nitrogens with one attached hydrogen (secondary N) is 2. The predicted molar refractivity (Wildman–Crippen MR) is 152 cm³/mol. The van der Waals surface area contributed by atoms with Gasteiger partial charge in [-0.1, -0.05) is 71.7 Å². The molecule has 0 radical (unpaired) electrons. The van der Waals surface area contributed by atoms with Gasteiger partial charge in [-0.3, -0.25) is 0 Å². The van der Waals surface area contributed by atoms with Gasteiger partial charge in [-0.25, -0.2) is 4.57 Å². The van der Waals surface area contributed by atoms with Crippen LogP contribution in [-0.4, -0.2) is 5.11 Å². The number of thiocarbonyl (C=S) groups is 1. The fourth-order valence-electron chi connectivity index (χ4n) is 3.45. The molecule has 0 aliphatic rings. The molecule has 0 saturated carbocycles. The molecule has 0 aromatic heterocycles. The van der Waals surface area contributed by atoms with Crippen molar-refractivity contribution in [3.05, 3.63) is 124 Å². The molecule has 2 N–H and O–H groups in total. The summed E-state index contributed by atoms with van der Waals surface area (Å²) in [5, 5.41) is 5.81. The molecular weight excluding hydrogens is 591 g/mol. The molecular formula is C27H20Cl2F3N2O3PS. The van der Waals surface area contributed by atoms with Gasteiger partial charge in [0.15, 0.2) is 10.9 Å². The molecule has 12 heteroatoms.